The predicted octanol–water partition coefficient (Wildman–Crippen LogP) is 4.94. The van der Waals surface area contributed by atoms with E-state index in [4.69, 9.17) is 5.11 Å². The van der Waals surface area contributed by atoms with Crippen molar-refractivity contribution in [2.75, 3.05) is 0 Å². The van der Waals surface area contributed by atoms with E-state index in [1.807, 2.05) is 12.2 Å². The third-order valence-electron chi connectivity index (χ3n) is 8.39. The Balaban J connectivity index is 1.59. The summed E-state index contributed by atoms with van der Waals surface area (Å²) in [5, 5.41) is 8.87. The summed E-state index contributed by atoms with van der Waals surface area (Å²) in [7, 11) is 0. The molecular formula is C23H30O3. The normalized spacial score (nSPS) is 44.4. The van der Waals surface area contributed by atoms with E-state index in [0.717, 1.165) is 12.8 Å². The van der Waals surface area contributed by atoms with E-state index >= 15 is 0 Å². The second kappa shape index (κ2) is 6.21. The largest absolute Gasteiger partial charge is 0.478 e. The van der Waals surface area contributed by atoms with Gasteiger partial charge in [0.1, 0.15) is 0 Å². The molecule has 0 aromatic carbocycles. The van der Waals surface area contributed by atoms with Gasteiger partial charge in [-0.25, -0.2) is 4.79 Å². The molecule has 4 aliphatic carbocycles. The maximum absolute atomic E-state index is 11.9. The first-order chi connectivity index (χ1) is 12.3. The van der Waals surface area contributed by atoms with Crippen LogP contribution in [-0.2, 0) is 9.59 Å². The molecule has 4 rings (SSSR count). The molecule has 0 aromatic heterocycles. The Morgan fingerprint density at radius 3 is 2.81 bits per heavy atom. The van der Waals surface area contributed by atoms with E-state index in [1.165, 1.54) is 37.3 Å². The summed E-state index contributed by atoms with van der Waals surface area (Å²) in [6.07, 6.45) is 17.2. The third-order valence-corrected chi connectivity index (χ3v) is 8.39. The molecule has 0 spiro atoms. The van der Waals surface area contributed by atoms with Gasteiger partial charge in [0.25, 0.3) is 0 Å². The minimum Gasteiger partial charge on any atom is -0.478 e. The topological polar surface area (TPSA) is 54.4 Å². The lowest BCUT2D eigenvalue weighted by Gasteiger charge is -2.56. The average molecular weight is 354 g/mol. The van der Waals surface area contributed by atoms with Crippen molar-refractivity contribution in [1.29, 1.82) is 0 Å². The van der Waals surface area contributed by atoms with Crippen LogP contribution >= 0.6 is 0 Å². The molecule has 0 aliphatic heterocycles. The van der Waals surface area contributed by atoms with Crippen LogP contribution in [0.1, 0.15) is 58.8 Å². The van der Waals surface area contributed by atoms with Crippen molar-refractivity contribution >= 4 is 11.8 Å². The Hall–Kier alpha value is -1.64. The van der Waals surface area contributed by atoms with Gasteiger partial charge in [0.15, 0.2) is 5.78 Å². The summed E-state index contributed by atoms with van der Waals surface area (Å²) < 4.78 is 0. The maximum atomic E-state index is 11.9. The van der Waals surface area contributed by atoms with Crippen molar-refractivity contribution in [2.45, 2.75) is 58.8 Å². The Labute approximate surface area is 156 Å². The number of carboxylic acid groups (broad SMARTS) is 1. The molecule has 0 aromatic rings. The third kappa shape index (κ3) is 2.62. The van der Waals surface area contributed by atoms with Crippen molar-refractivity contribution in [3.8, 4) is 0 Å². The fourth-order valence-corrected chi connectivity index (χ4v) is 6.83. The molecule has 2 fully saturated rings. The zero-order chi connectivity index (χ0) is 18.5. The summed E-state index contributed by atoms with van der Waals surface area (Å²) in [6.45, 7) is 4.84. The molecule has 0 amide bonds. The number of allylic oxidation sites excluding steroid dienone is 5. The molecule has 3 unspecified atom stereocenters. The number of carboxylic acids is 1. The van der Waals surface area contributed by atoms with Crippen LogP contribution in [-0.4, -0.2) is 16.9 Å². The number of ketones is 1. The number of hydrogen-bond acceptors (Lipinski definition) is 2. The summed E-state index contributed by atoms with van der Waals surface area (Å²) in [5.41, 5.74) is 1.74. The van der Waals surface area contributed by atoms with E-state index in [9.17, 15) is 9.59 Å². The molecule has 0 bridgehead atoms. The van der Waals surface area contributed by atoms with Gasteiger partial charge in [-0.1, -0.05) is 32.1 Å². The van der Waals surface area contributed by atoms with Crippen molar-refractivity contribution in [1.82, 2.24) is 0 Å². The highest BCUT2D eigenvalue weighted by Crippen LogP contribution is 2.65. The number of fused-ring (bicyclic) bond motifs is 5. The summed E-state index contributed by atoms with van der Waals surface area (Å²) in [4.78, 5) is 22.7. The molecule has 0 saturated heterocycles. The number of aliphatic carboxylic acids is 1. The van der Waals surface area contributed by atoms with Crippen molar-refractivity contribution in [3.63, 3.8) is 0 Å². The maximum Gasteiger partial charge on any atom is 0.327 e. The second-order valence-electron chi connectivity index (χ2n) is 9.43. The number of hydrogen-bond donors (Lipinski definition) is 1. The van der Waals surface area contributed by atoms with Crippen LogP contribution in [0.2, 0.25) is 0 Å². The summed E-state index contributed by atoms with van der Waals surface area (Å²) in [6, 6.07) is 0. The van der Waals surface area contributed by atoms with Crippen LogP contribution < -0.4 is 0 Å². The van der Waals surface area contributed by atoms with Gasteiger partial charge in [-0.15, -0.1) is 0 Å². The number of carbonyl (C=O) groups is 2. The van der Waals surface area contributed by atoms with Crippen LogP contribution in [0.4, 0.5) is 0 Å². The van der Waals surface area contributed by atoms with Crippen LogP contribution in [0, 0.1) is 34.5 Å². The molecule has 4 aliphatic rings. The highest BCUT2D eigenvalue weighted by atomic mass is 16.4. The highest BCUT2D eigenvalue weighted by Gasteiger charge is 2.57. The molecule has 2 saturated carbocycles. The molecule has 3 heteroatoms. The van der Waals surface area contributed by atoms with Gasteiger partial charge in [0.2, 0.25) is 0 Å². The van der Waals surface area contributed by atoms with Gasteiger partial charge in [0, 0.05) is 12.5 Å². The molecule has 6 atom stereocenters. The second-order valence-corrected chi connectivity index (χ2v) is 9.43. The fraction of sp³-hybridized carbons (Fsp3) is 0.652. The first-order valence-corrected chi connectivity index (χ1v) is 10.2. The van der Waals surface area contributed by atoms with Gasteiger partial charge >= 0.3 is 5.97 Å². The predicted molar refractivity (Wildman–Crippen MR) is 101 cm³/mol. The van der Waals surface area contributed by atoms with Crippen molar-refractivity contribution in [3.05, 3.63) is 36.0 Å². The lowest BCUT2D eigenvalue weighted by Crippen LogP contribution is -2.48. The Bertz CT molecular complexity index is 715. The quantitative estimate of drug-likeness (QED) is 0.730. The molecule has 0 radical (unpaired) electrons. The van der Waals surface area contributed by atoms with Gasteiger partial charge in [-0.3, -0.25) is 4.79 Å². The minimum absolute atomic E-state index is 0.163. The van der Waals surface area contributed by atoms with Gasteiger partial charge in [-0.05, 0) is 84.7 Å². The zero-order valence-corrected chi connectivity index (χ0v) is 15.9. The van der Waals surface area contributed by atoms with Gasteiger partial charge in [-0.2, -0.15) is 0 Å². The monoisotopic (exact) mass is 354 g/mol. The van der Waals surface area contributed by atoms with Crippen molar-refractivity contribution in [2.24, 2.45) is 34.5 Å². The molecule has 3 nitrogen and oxygen atoms in total. The highest BCUT2D eigenvalue weighted by molar-refractivity contribution is 5.92. The van der Waals surface area contributed by atoms with Crippen molar-refractivity contribution < 1.29 is 14.7 Å². The van der Waals surface area contributed by atoms with Crippen LogP contribution in [0.25, 0.3) is 0 Å². The zero-order valence-electron chi connectivity index (χ0n) is 15.9. The average Bonchev–Trinajstić information content (AvgIpc) is 2.92. The molecule has 140 valence electrons. The van der Waals surface area contributed by atoms with E-state index in [0.29, 0.717) is 35.5 Å². The number of carbonyl (C=O) groups excluding carboxylic acids is 1. The van der Waals surface area contributed by atoms with Gasteiger partial charge < -0.3 is 5.11 Å². The lowest BCUT2D eigenvalue weighted by atomic mass is 9.48. The van der Waals surface area contributed by atoms with E-state index < -0.39 is 5.97 Å². The SMILES string of the molecule is C[C@]12CCC(=O)C=C1C=CC1C2CC[C@@]2(C)C1CC[C@@H]2C/C=C/C(=O)O. The van der Waals surface area contributed by atoms with Gasteiger partial charge in [0.05, 0.1) is 0 Å². The molecule has 1 N–H and O–H groups in total. The molecular weight excluding hydrogens is 324 g/mol. The van der Waals surface area contributed by atoms with Crippen LogP contribution in [0.3, 0.4) is 0 Å². The van der Waals surface area contributed by atoms with Crippen LogP contribution in [0.5, 0.6) is 0 Å². The van der Waals surface area contributed by atoms with E-state index in [-0.39, 0.29) is 11.2 Å². The van der Waals surface area contributed by atoms with E-state index in [1.54, 1.807) is 0 Å². The Morgan fingerprint density at radius 2 is 2.04 bits per heavy atom. The molecule has 0 heterocycles. The number of rotatable bonds is 3. The fourth-order valence-electron chi connectivity index (χ4n) is 6.83. The Kier molecular flexibility index (Phi) is 4.24. The standard InChI is InChI=1S/C23H30O3/c1-22-13-11-20-18(8-6-16-14-17(24)10-12-23(16,20)2)19(22)9-7-15(22)4-3-5-21(25)26/h3,5-6,8,14-15,18-20H,4,7,9-13H2,1-2H3,(H,25,26)/b5-3+/t15-,18?,19?,20?,22+,23-/m0/s1. The van der Waals surface area contributed by atoms with E-state index in [2.05, 4.69) is 26.0 Å². The summed E-state index contributed by atoms with van der Waals surface area (Å²) in [5.74, 6) is 1.98. The first kappa shape index (κ1) is 17.8. The molecule has 26 heavy (non-hydrogen) atoms. The smallest absolute Gasteiger partial charge is 0.327 e. The minimum atomic E-state index is -0.845. The Morgan fingerprint density at radius 1 is 1.23 bits per heavy atom. The lowest BCUT2D eigenvalue weighted by molar-refractivity contribution is -0.131. The van der Waals surface area contributed by atoms with Crippen LogP contribution in [0.15, 0.2) is 36.0 Å². The summed E-state index contributed by atoms with van der Waals surface area (Å²) >= 11 is 0. The first-order valence-electron chi connectivity index (χ1n) is 10.2.